The number of likely N-dealkylation sites (N-methyl/N-ethyl adjacent to an activating group) is 1. The van der Waals surface area contributed by atoms with E-state index in [0.29, 0.717) is 38.2 Å². The van der Waals surface area contributed by atoms with Gasteiger partial charge in [0.15, 0.2) is 6.61 Å². The first-order valence-corrected chi connectivity index (χ1v) is 20.9. The number of amides is 1. The lowest BCUT2D eigenvalue weighted by Crippen LogP contribution is -2.53. The van der Waals surface area contributed by atoms with E-state index in [1.54, 1.807) is 23.5 Å². The quantitative estimate of drug-likeness (QED) is 0.179. The maximum atomic E-state index is 14.6. The minimum absolute atomic E-state index is 0.0848. The van der Waals surface area contributed by atoms with Crippen LogP contribution in [0.15, 0.2) is 47.4 Å². The molecule has 1 amide bonds. The second kappa shape index (κ2) is 17.6. The fourth-order valence-electron chi connectivity index (χ4n) is 7.89. The lowest BCUT2D eigenvalue weighted by Gasteiger charge is -2.54. The minimum atomic E-state index is -3.95. The van der Waals surface area contributed by atoms with Crippen molar-refractivity contribution < 1.29 is 37.3 Å². The van der Waals surface area contributed by atoms with E-state index < -0.39 is 22.6 Å². The second-order valence-corrected chi connectivity index (χ2v) is 18.8. The standard InChI is InChI=1S/C43H64N2O8S/c1-12-13-14-38-43(26-34(29(4)5)41(53-38)40-30(6)23-32(28(2)3)24-36(40)52-27-39(47)48)17-19-45(20-18-43)54(49,50)37-25-33(42(8,9)10)15-16-35(37)51-22-21-44(11)31(7)46/h15-16,23-25,28,34,38,41H,4,12-14,17-22,26-27H2,1-3,5-11H3,(H,47,48)/t34-,38+,41+/m0/s1. The topological polar surface area (TPSA) is 123 Å². The molecule has 0 bridgehead atoms. The summed E-state index contributed by atoms with van der Waals surface area (Å²) in [5.41, 5.74) is 4.22. The van der Waals surface area contributed by atoms with Gasteiger partial charge in [-0.1, -0.05) is 78.7 Å². The maximum absolute atomic E-state index is 14.6. The molecule has 54 heavy (non-hydrogen) atoms. The highest BCUT2D eigenvalue weighted by Crippen LogP contribution is 2.56. The van der Waals surface area contributed by atoms with Crippen LogP contribution in [0.2, 0.25) is 0 Å². The smallest absolute Gasteiger partial charge is 0.341 e. The van der Waals surface area contributed by atoms with Crippen LogP contribution in [0.4, 0.5) is 0 Å². The summed E-state index contributed by atoms with van der Waals surface area (Å²) in [5.74, 6) is -0.173. The fourth-order valence-corrected chi connectivity index (χ4v) is 9.49. The van der Waals surface area contributed by atoms with E-state index in [9.17, 15) is 23.1 Å². The predicted octanol–water partition coefficient (Wildman–Crippen LogP) is 8.42. The van der Waals surface area contributed by atoms with Crippen molar-refractivity contribution in [3.63, 3.8) is 0 Å². The van der Waals surface area contributed by atoms with Crippen LogP contribution in [0.5, 0.6) is 11.5 Å². The molecule has 2 saturated heterocycles. The van der Waals surface area contributed by atoms with Crippen molar-refractivity contribution in [1.82, 2.24) is 9.21 Å². The highest BCUT2D eigenvalue weighted by molar-refractivity contribution is 7.89. The van der Waals surface area contributed by atoms with Crippen LogP contribution >= 0.6 is 0 Å². The van der Waals surface area contributed by atoms with Gasteiger partial charge in [-0.3, -0.25) is 4.79 Å². The molecule has 4 rings (SSSR count). The van der Waals surface area contributed by atoms with Crippen LogP contribution in [0, 0.1) is 18.3 Å². The molecule has 2 aromatic carbocycles. The van der Waals surface area contributed by atoms with Crippen LogP contribution in [-0.4, -0.2) is 80.6 Å². The molecule has 0 unspecified atom stereocenters. The summed E-state index contributed by atoms with van der Waals surface area (Å²) in [5, 5.41) is 9.52. The number of nitrogens with zero attached hydrogens (tertiary/aromatic N) is 2. The number of piperidine rings is 1. The lowest BCUT2D eigenvalue weighted by atomic mass is 9.63. The summed E-state index contributed by atoms with van der Waals surface area (Å²) in [6, 6.07) is 9.50. The Morgan fingerprint density at radius 2 is 1.76 bits per heavy atom. The van der Waals surface area contributed by atoms with E-state index in [2.05, 4.69) is 54.2 Å². The summed E-state index contributed by atoms with van der Waals surface area (Å²) in [7, 11) is -2.26. The third kappa shape index (κ3) is 9.87. The molecule has 10 nitrogen and oxygen atoms in total. The fraction of sp³-hybridized carbons (Fsp3) is 0.628. The Bertz CT molecular complexity index is 1770. The van der Waals surface area contributed by atoms with Crippen LogP contribution in [-0.2, 0) is 29.8 Å². The van der Waals surface area contributed by atoms with E-state index in [-0.39, 0.29) is 58.0 Å². The summed E-state index contributed by atoms with van der Waals surface area (Å²) >= 11 is 0. The molecule has 11 heteroatoms. The van der Waals surface area contributed by atoms with Crippen molar-refractivity contribution in [1.29, 1.82) is 0 Å². The lowest BCUT2D eigenvalue weighted by molar-refractivity contribution is -0.170. The number of unbranched alkanes of at least 4 members (excludes halogenated alkanes) is 1. The molecular formula is C43H64N2O8S. The van der Waals surface area contributed by atoms with Crippen molar-refractivity contribution in [2.45, 2.75) is 129 Å². The van der Waals surface area contributed by atoms with Gasteiger partial charge in [0.2, 0.25) is 15.9 Å². The molecule has 1 spiro atoms. The number of rotatable bonds is 15. The van der Waals surface area contributed by atoms with E-state index in [4.69, 9.17) is 14.2 Å². The summed E-state index contributed by atoms with van der Waals surface area (Å²) < 4.78 is 50.0. The number of benzene rings is 2. The monoisotopic (exact) mass is 768 g/mol. The second-order valence-electron chi connectivity index (χ2n) is 16.9. The van der Waals surface area contributed by atoms with Crippen LogP contribution in [0.3, 0.4) is 0 Å². The Balaban J connectivity index is 1.68. The van der Waals surface area contributed by atoms with Gasteiger partial charge in [-0.05, 0) is 91.2 Å². The third-order valence-corrected chi connectivity index (χ3v) is 13.4. The summed E-state index contributed by atoms with van der Waals surface area (Å²) in [6.45, 7) is 23.2. The Labute approximate surface area is 324 Å². The molecule has 0 saturated carbocycles. The molecule has 2 aliphatic heterocycles. The van der Waals surface area contributed by atoms with E-state index in [0.717, 1.165) is 53.5 Å². The Hall–Kier alpha value is -3.41. The zero-order chi connectivity index (χ0) is 40.2. The van der Waals surface area contributed by atoms with Gasteiger partial charge in [0, 0.05) is 38.5 Å². The number of carboxylic acid groups (broad SMARTS) is 1. The Morgan fingerprint density at radius 3 is 2.31 bits per heavy atom. The van der Waals surface area contributed by atoms with Crippen molar-refractivity contribution in [3.8, 4) is 11.5 Å². The number of aryl methyl sites for hydroxylation is 1. The number of carboxylic acids is 1. The van der Waals surface area contributed by atoms with Gasteiger partial charge in [-0.15, -0.1) is 0 Å². The average molecular weight is 769 g/mol. The number of carbonyl (C=O) groups is 2. The first-order chi connectivity index (χ1) is 25.2. The molecule has 0 radical (unpaired) electrons. The molecule has 300 valence electrons. The first kappa shape index (κ1) is 43.3. The van der Waals surface area contributed by atoms with Gasteiger partial charge in [0.1, 0.15) is 23.0 Å². The summed E-state index contributed by atoms with van der Waals surface area (Å²) in [4.78, 5) is 25.1. The number of aliphatic carboxylic acids is 1. The number of sulfonamides is 1. The van der Waals surface area contributed by atoms with Crippen molar-refractivity contribution in [2.75, 3.05) is 39.9 Å². The van der Waals surface area contributed by atoms with Gasteiger partial charge in [0.05, 0.1) is 18.8 Å². The largest absolute Gasteiger partial charge is 0.490 e. The maximum Gasteiger partial charge on any atom is 0.341 e. The van der Waals surface area contributed by atoms with Crippen molar-refractivity contribution in [2.24, 2.45) is 11.3 Å². The highest BCUT2D eigenvalue weighted by atomic mass is 32.2. The highest BCUT2D eigenvalue weighted by Gasteiger charge is 2.52. The number of hydrogen-bond donors (Lipinski definition) is 1. The van der Waals surface area contributed by atoms with Crippen molar-refractivity contribution >= 4 is 21.9 Å². The zero-order valence-electron chi connectivity index (χ0n) is 34.3. The predicted molar refractivity (Wildman–Crippen MR) is 213 cm³/mol. The van der Waals surface area contributed by atoms with Gasteiger partial charge >= 0.3 is 5.97 Å². The average Bonchev–Trinajstić information content (AvgIpc) is 3.09. The molecule has 2 aliphatic rings. The van der Waals surface area contributed by atoms with Gasteiger partial charge in [-0.25, -0.2) is 13.2 Å². The zero-order valence-corrected chi connectivity index (χ0v) is 35.1. The number of hydrogen-bond acceptors (Lipinski definition) is 7. The molecule has 0 aromatic heterocycles. The number of carbonyl (C=O) groups excluding carboxylic acids is 1. The SMILES string of the molecule is C=C(C)[C@@H]1CC2(CCN(S(=O)(=O)c3cc(C(C)(C)C)ccc3OCCN(C)C(C)=O)CC2)[C@@H](CCCC)O[C@H]1c1c(C)cc(C(C)C)cc1OCC(=O)O. The third-order valence-electron chi connectivity index (χ3n) is 11.5. The van der Waals surface area contributed by atoms with Crippen molar-refractivity contribution in [3.05, 3.63) is 64.7 Å². The molecule has 2 fully saturated rings. The number of ether oxygens (including phenoxy) is 3. The van der Waals surface area contributed by atoms with Gasteiger partial charge in [-0.2, -0.15) is 4.31 Å². The van der Waals surface area contributed by atoms with Crippen LogP contribution < -0.4 is 9.47 Å². The van der Waals surface area contributed by atoms with E-state index >= 15 is 0 Å². The summed E-state index contributed by atoms with van der Waals surface area (Å²) in [6.07, 6.45) is 4.30. The minimum Gasteiger partial charge on any atom is -0.490 e. The van der Waals surface area contributed by atoms with Gasteiger partial charge in [0.25, 0.3) is 0 Å². The normalized spacial score (nSPS) is 20.5. The Kier molecular flexibility index (Phi) is 14.1. The molecule has 2 heterocycles. The molecule has 2 aromatic rings. The Morgan fingerprint density at radius 1 is 1.09 bits per heavy atom. The van der Waals surface area contributed by atoms with Crippen LogP contribution in [0.1, 0.15) is 128 Å². The molecule has 0 aliphatic carbocycles. The van der Waals surface area contributed by atoms with E-state index in [1.807, 2.05) is 26.0 Å². The van der Waals surface area contributed by atoms with Gasteiger partial charge < -0.3 is 24.2 Å². The molecule has 1 N–H and O–H groups in total. The van der Waals surface area contributed by atoms with Crippen LogP contribution in [0.25, 0.3) is 0 Å². The molecular weight excluding hydrogens is 705 g/mol. The molecule has 3 atom stereocenters. The first-order valence-electron chi connectivity index (χ1n) is 19.5. The van der Waals surface area contributed by atoms with E-state index in [1.165, 1.54) is 11.8 Å².